The summed E-state index contributed by atoms with van der Waals surface area (Å²) in [5.41, 5.74) is 1.03. The lowest BCUT2D eigenvalue weighted by molar-refractivity contribution is -0.129. The van der Waals surface area contributed by atoms with E-state index in [9.17, 15) is 9.59 Å². The third-order valence-corrected chi connectivity index (χ3v) is 7.20. The zero-order chi connectivity index (χ0) is 20.1. The number of amides is 2. The average Bonchev–Trinajstić information content (AvgIpc) is 2.98. The topological polar surface area (TPSA) is 54.7 Å². The number of carbonyl (C=O) groups is 2. The number of fused-ring (bicyclic) bond motifs is 1. The molecule has 2 heterocycles. The summed E-state index contributed by atoms with van der Waals surface area (Å²) in [6.07, 6.45) is 3.93. The number of hydrogen-bond donors (Lipinski definition) is 0. The molecule has 1 aliphatic heterocycles. The maximum absolute atomic E-state index is 12.4. The van der Waals surface area contributed by atoms with Crippen LogP contribution in [0.4, 0.5) is 0 Å². The van der Waals surface area contributed by atoms with E-state index in [1.807, 2.05) is 27.7 Å². The highest BCUT2D eigenvalue weighted by molar-refractivity contribution is 9.10. The molecule has 2 aromatic rings. The van der Waals surface area contributed by atoms with Crippen molar-refractivity contribution < 1.29 is 9.59 Å². The van der Waals surface area contributed by atoms with Crippen LogP contribution in [-0.4, -0.2) is 45.9 Å². The van der Waals surface area contributed by atoms with E-state index in [4.69, 9.17) is 0 Å². The van der Waals surface area contributed by atoms with Crippen molar-refractivity contribution in [2.24, 2.45) is 10.9 Å². The smallest absolute Gasteiger partial charge is 0.258 e. The van der Waals surface area contributed by atoms with Gasteiger partial charge in [0, 0.05) is 24.1 Å². The van der Waals surface area contributed by atoms with Gasteiger partial charge >= 0.3 is 0 Å². The third-order valence-electron chi connectivity index (χ3n) is 4.76. The quantitative estimate of drug-likeness (QED) is 0.584. The molecule has 0 saturated carbocycles. The summed E-state index contributed by atoms with van der Waals surface area (Å²) in [7, 11) is 0. The van der Waals surface area contributed by atoms with Gasteiger partial charge in [0.25, 0.3) is 5.91 Å². The van der Waals surface area contributed by atoms with E-state index >= 15 is 0 Å². The van der Waals surface area contributed by atoms with Crippen LogP contribution in [0.5, 0.6) is 0 Å². The van der Waals surface area contributed by atoms with Crippen LogP contribution in [0, 0.1) is 5.92 Å². The van der Waals surface area contributed by atoms with Crippen LogP contribution in [0.1, 0.15) is 19.8 Å². The number of piperidine rings is 1. The maximum Gasteiger partial charge on any atom is 0.258 e. The molecule has 0 N–H and O–H groups in total. The molecule has 0 aliphatic carbocycles. The van der Waals surface area contributed by atoms with E-state index in [1.165, 1.54) is 23.1 Å². The predicted octanol–water partition coefficient (Wildman–Crippen LogP) is 4.07. The minimum Gasteiger partial charge on any atom is -0.342 e. The first-order chi connectivity index (χ1) is 13.5. The summed E-state index contributed by atoms with van der Waals surface area (Å²) >= 11 is 6.31. The second kappa shape index (κ2) is 9.89. The van der Waals surface area contributed by atoms with Crippen LogP contribution in [0.25, 0.3) is 10.2 Å². The van der Waals surface area contributed by atoms with E-state index in [-0.39, 0.29) is 17.6 Å². The zero-order valence-electron chi connectivity index (χ0n) is 15.9. The van der Waals surface area contributed by atoms with Gasteiger partial charge in [-0.15, -0.1) is 18.3 Å². The molecule has 28 heavy (non-hydrogen) atoms. The number of hydrogen-bond acceptors (Lipinski definition) is 4. The van der Waals surface area contributed by atoms with Crippen molar-refractivity contribution in [2.75, 3.05) is 24.6 Å². The Kier molecular flexibility index (Phi) is 7.54. The van der Waals surface area contributed by atoms with Crippen LogP contribution in [-0.2, 0) is 16.1 Å². The van der Waals surface area contributed by atoms with E-state index in [1.54, 1.807) is 6.08 Å². The number of likely N-dealkylation sites (tertiary alicyclic amines) is 1. The molecule has 1 aliphatic rings. The first-order valence-corrected chi connectivity index (χ1v) is 12.1. The Morgan fingerprint density at radius 3 is 2.82 bits per heavy atom. The van der Waals surface area contributed by atoms with Crippen molar-refractivity contribution in [1.29, 1.82) is 0 Å². The summed E-state index contributed by atoms with van der Waals surface area (Å²) in [4.78, 5) is 31.5. The number of thioether (sulfide) groups is 1. The Hall–Kier alpha value is -1.38. The van der Waals surface area contributed by atoms with Crippen molar-refractivity contribution in [2.45, 2.75) is 26.3 Å². The number of carbonyl (C=O) groups excluding carboxylic acids is 2. The molecule has 3 rings (SSSR count). The Bertz CT molecular complexity index is 943. The number of rotatable bonds is 6. The molecule has 1 aromatic heterocycles. The zero-order valence-corrected chi connectivity index (χ0v) is 19.1. The van der Waals surface area contributed by atoms with Gasteiger partial charge in [0.15, 0.2) is 4.80 Å². The molecule has 0 unspecified atom stereocenters. The largest absolute Gasteiger partial charge is 0.342 e. The van der Waals surface area contributed by atoms with Gasteiger partial charge in [-0.3, -0.25) is 9.59 Å². The molecule has 0 atom stereocenters. The molecule has 5 nitrogen and oxygen atoms in total. The summed E-state index contributed by atoms with van der Waals surface area (Å²) in [6, 6.07) is 6.01. The standard InChI is InChI=1S/C20H24BrN3O2S2/c1-3-8-24-16-5-4-15(21)11-17(16)28-20(24)22-18(25)12-27-13-19(26)23-9-6-14(2)7-10-23/h3-5,11,14H,1,6-10,12-13H2,2H3. The van der Waals surface area contributed by atoms with Crippen LogP contribution < -0.4 is 4.80 Å². The molecule has 150 valence electrons. The number of allylic oxidation sites excluding steroid dienone is 1. The molecule has 0 radical (unpaired) electrons. The first-order valence-electron chi connectivity index (χ1n) is 9.31. The molecule has 1 fully saturated rings. The fourth-order valence-electron chi connectivity index (χ4n) is 3.15. The number of halogens is 1. The SMILES string of the molecule is C=CCn1c(=NC(=O)CSCC(=O)N2CCC(C)CC2)sc2cc(Br)ccc21. The van der Waals surface area contributed by atoms with E-state index in [0.717, 1.165) is 40.6 Å². The highest BCUT2D eigenvalue weighted by Gasteiger charge is 2.20. The second-order valence-electron chi connectivity index (χ2n) is 6.96. The van der Waals surface area contributed by atoms with Crippen molar-refractivity contribution >= 4 is 61.1 Å². The summed E-state index contributed by atoms with van der Waals surface area (Å²) in [6.45, 7) is 8.28. The lowest BCUT2D eigenvalue weighted by Crippen LogP contribution is -2.39. The molecule has 1 aromatic carbocycles. The maximum atomic E-state index is 12.4. The fraction of sp³-hybridized carbons (Fsp3) is 0.450. The molecule has 0 spiro atoms. The molecule has 2 amide bonds. The van der Waals surface area contributed by atoms with Crippen LogP contribution in [0.15, 0.2) is 40.3 Å². The van der Waals surface area contributed by atoms with Crippen molar-refractivity contribution in [3.8, 4) is 0 Å². The molecular weight excluding hydrogens is 458 g/mol. The van der Waals surface area contributed by atoms with E-state index < -0.39 is 0 Å². The Labute approximate surface area is 181 Å². The predicted molar refractivity (Wildman–Crippen MR) is 121 cm³/mol. The average molecular weight is 482 g/mol. The Balaban J connectivity index is 1.63. The number of aromatic nitrogens is 1. The molecular formula is C20H24BrN3O2S2. The first kappa shape index (κ1) is 21.3. The third kappa shape index (κ3) is 5.36. The van der Waals surface area contributed by atoms with Gasteiger partial charge in [-0.05, 0) is 37.0 Å². The van der Waals surface area contributed by atoms with Gasteiger partial charge in [-0.2, -0.15) is 4.99 Å². The number of nitrogens with zero attached hydrogens (tertiary/aromatic N) is 3. The fourth-order valence-corrected chi connectivity index (χ4v) is 5.46. The van der Waals surface area contributed by atoms with Crippen LogP contribution in [0.3, 0.4) is 0 Å². The Morgan fingerprint density at radius 1 is 1.36 bits per heavy atom. The Morgan fingerprint density at radius 2 is 2.11 bits per heavy atom. The second-order valence-corrected chi connectivity index (χ2v) is 9.87. The minimum atomic E-state index is -0.214. The summed E-state index contributed by atoms with van der Waals surface area (Å²) < 4.78 is 4.04. The van der Waals surface area contributed by atoms with Crippen molar-refractivity contribution in [1.82, 2.24) is 9.47 Å². The van der Waals surface area contributed by atoms with Gasteiger partial charge in [0.05, 0.1) is 21.7 Å². The normalized spacial score (nSPS) is 15.9. The highest BCUT2D eigenvalue weighted by atomic mass is 79.9. The lowest BCUT2D eigenvalue weighted by Gasteiger charge is -2.30. The summed E-state index contributed by atoms with van der Waals surface area (Å²) in [5.74, 6) is 1.15. The van der Waals surface area contributed by atoms with Crippen molar-refractivity contribution in [3.63, 3.8) is 0 Å². The van der Waals surface area contributed by atoms with Gasteiger partial charge in [-0.1, -0.05) is 40.3 Å². The molecule has 1 saturated heterocycles. The molecule has 8 heteroatoms. The van der Waals surface area contributed by atoms with Gasteiger partial charge < -0.3 is 9.47 Å². The monoisotopic (exact) mass is 481 g/mol. The number of benzene rings is 1. The van der Waals surface area contributed by atoms with Crippen LogP contribution >= 0.6 is 39.0 Å². The molecule has 0 bridgehead atoms. The van der Waals surface area contributed by atoms with Crippen LogP contribution in [0.2, 0.25) is 0 Å². The van der Waals surface area contributed by atoms with Gasteiger partial charge in [-0.25, -0.2) is 0 Å². The minimum absolute atomic E-state index is 0.123. The summed E-state index contributed by atoms with van der Waals surface area (Å²) in [5, 5.41) is 0. The van der Waals surface area contributed by atoms with Gasteiger partial charge in [0.1, 0.15) is 0 Å². The highest BCUT2D eigenvalue weighted by Crippen LogP contribution is 2.22. The lowest BCUT2D eigenvalue weighted by atomic mass is 9.99. The van der Waals surface area contributed by atoms with E-state index in [0.29, 0.717) is 23.0 Å². The van der Waals surface area contributed by atoms with Crippen molar-refractivity contribution in [3.05, 3.63) is 40.1 Å². The van der Waals surface area contributed by atoms with E-state index in [2.05, 4.69) is 34.4 Å². The number of thiazole rings is 1. The van der Waals surface area contributed by atoms with Gasteiger partial charge in [0.2, 0.25) is 5.91 Å².